The molecule has 9 heteroatoms. The van der Waals surface area contributed by atoms with Crippen LogP contribution in [0.3, 0.4) is 0 Å². The van der Waals surface area contributed by atoms with E-state index in [-0.39, 0.29) is 37.3 Å². The van der Waals surface area contributed by atoms with Crippen LogP contribution in [0, 0.1) is 23.0 Å². The van der Waals surface area contributed by atoms with Crippen molar-refractivity contribution in [3.8, 4) is 0 Å². The Morgan fingerprint density at radius 3 is 2.87 bits per heavy atom. The van der Waals surface area contributed by atoms with Gasteiger partial charge in [-0.05, 0) is 38.7 Å². The number of pyridine rings is 1. The first kappa shape index (κ1) is 17.5. The Morgan fingerprint density at radius 1 is 1.57 bits per heavy atom. The highest BCUT2D eigenvalue weighted by atomic mass is 19.4. The van der Waals surface area contributed by atoms with Crippen molar-refractivity contribution in [3.05, 3.63) is 27.9 Å². The van der Waals surface area contributed by atoms with Gasteiger partial charge in [-0.15, -0.1) is 0 Å². The summed E-state index contributed by atoms with van der Waals surface area (Å²) < 4.78 is 38.5. The molecular formula is C14H18F3N3O3. The van der Waals surface area contributed by atoms with Gasteiger partial charge in [0, 0.05) is 18.3 Å². The molecule has 0 amide bonds. The Morgan fingerprint density at radius 2 is 2.26 bits per heavy atom. The lowest BCUT2D eigenvalue weighted by molar-refractivity contribution is -0.384. The van der Waals surface area contributed by atoms with Crippen LogP contribution in [-0.4, -0.2) is 33.3 Å². The van der Waals surface area contributed by atoms with Gasteiger partial charge in [-0.25, -0.2) is 4.98 Å². The smallest absolute Gasteiger partial charge is 0.388 e. The zero-order valence-electron chi connectivity index (χ0n) is 12.6. The van der Waals surface area contributed by atoms with E-state index in [0.717, 1.165) is 0 Å². The highest BCUT2D eigenvalue weighted by molar-refractivity contribution is 5.59. The number of halogens is 3. The average molecular weight is 333 g/mol. The minimum atomic E-state index is -4.35. The molecule has 1 aliphatic rings. The van der Waals surface area contributed by atoms with Crippen LogP contribution in [0.4, 0.5) is 24.7 Å². The van der Waals surface area contributed by atoms with E-state index in [2.05, 4.69) is 10.3 Å². The predicted molar refractivity (Wildman–Crippen MR) is 77.1 cm³/mol. The van der Waals surface area contributed by atoms with E-state index in [0.29, 0.717) is 5.56 Å². The fraction of sp³-hybridized carbons (Fsp3) is 0.643. The van der Waals surface area contributed by atoms with Crippen molar-refractivity contribution in [1.82, 2.24) is 4.98 Å². The third kappa shape index (κ3) is 4.10. The third-order valence-electron chi connectivity index (χ3n) is 4.18. The normalized spacial score (nSPS) is 25.2. The number of aromatic nitrogens is 1. The van der Waals surface area contributed by atoms with E-state index in [4.69, 9.17) is 0 Å². The van der Waals surface area contributed by atoms with Gasteiger partial charge in [0.05, 0.1) is 16.4 Å². The third-order valence-corrected chi connectivity index (χ3v) is 4.18. The summed E-state index contributed by atoms with van der Waals surface area (Å²) in [7, 11) is 0. The van der Waals surface area contributed by atoms with Crippen LogP contribution in [0.25, 0.3) is 0 Å². The zero-order valence-corrected chi connectivity index (χ0v) is 12.6. The molecule has 0 bridgehead atoms. The fourth-order valence-corrected chi connectivity index (χ4v) is 2.94. The topological polar surface area (TPSA) is 88.3 Å². The molecule has 1 fully saturated rings. The molecular weight excluding hydrogens is 315 g/mol. The number of alkyl halides is 3. The van der Waals surface area contributed by atoms with Gasteiger partial charge in [0.2, 0.25) is 5.82 Å². The number of nitrogens with one attached hydrogen (secondary N) is 1. The van der Waals surface area contributed by atoms with E-state index >= 15 is 0 Å². The summed E-state index contributed by atoms with van der Waals surface area (Å²) in [6.45, 7) is 1.33. The summed E-state index contributed by atoms with van der Waals surface area (Å²) >= 11 is 0. The van der Waals surface area contributed by atoms with Crippen LogP contribution < -0.4 is 5.32 Å². The number of nitro groups is 1. The molecule has 2 atom stereocenters. The molecule has 2 rings (SSSR count). The molecule has 0 aromatic carbocycles. The predicted octanol–water partition coefficient (Wildman–Crippen LogP) is 3.19. The molecule has 128 valence electrons. The number of rotatable bonds is 4. The van der Waals surface area contributed by atoms with Crippen molar-refractivity contribution >= 4 is 11.5 Å². The van der Waals surface area contributed by atoms with Gasteiger partial charge < -0.3 is 10.4 Å². The average Bonchev–Trinajstić information content (AvgIpc) is 2.44. The summed E-state index contributed by atoms with van der Waals surface area (Å²) in [5, 5.41) is 24.1. The Balaban J connectivity index is 2.11. The van der Waals surface area contributed by atoms with Crippen LogP contribution >= 0.6 is 0 Å². The Kier molecular flexibility index (Phi) is 4.79. The fourth-order valence-electron chi connectivity index (χ4n) is 2.94. The van der Waals surface area contributed by atoms with Crippen molar-refractivity contribution in [2.45, 2.75) is 44.4 Å². The summed E-state index contributed by atoms with van der Waals surface area (Å²) in [5.41, 5.74) is -1.41. The highest BCUT2D eigenvalue weighted by Gasteiger charge is 2.47. The van der Waals surface area contributed by atoms with Crippen molar-refractivity contribution < 1.29 is 23.2 Å². The van der Waals surface area contributed by atoms with Crippen LogP contribution in [-0.2, 0) is 0 Å². The Bertz CT molecular complexity index is 594. The second-order valence-corrected chi connectivity index (χ2v) is 5.99. The number of aliphatic hydroxyl groups is 1. The molecule has 2 N–H and O–H groups in total. The number of nitrogens with zero attached hydrogens (tertiary/aromatic N) is 2. The molecule has 0 spiro atoms. The molecule has 0 saturated heterocycles. The molecule has 1 saturated carbocycles. The van der Waals surface area contributed by atoms with Crippen molar-refractivity contribution in [3.63, 3.8) is 0 Å². The van der Waals surface area contributed by atoms with E-state index < -0.39 is 29.0 Å². The summed E-state index contributed by atoms with van der Waals surface area (Å²) in [5.74, 6) is -1.60. The molecule has 2 unspecified atom stereocenters. The molecule has 0 aliphatic heterocycles. The van der Waals surface area contributed by atoms with Gasteiger partial charge in [0.1, 0.15) is 0 Å². The zero-order chi connectivity index (χ0) is 17.3. The van der Waals surface area contributed by atoms with E-state index in [1.807, 2.05) is 0 Å². The van der Waals surface area contributed by atoms with Gasteiger partial charge in [-0.1, -0.05) is 0 Å². The van der Waals surface area contributed by atoms with Gasteiger partial charge in [0.15, 0.2) is 0 Å². The van der Waals surface area contributed by atoms with E-state index in [9.17, 15) is 28.4 Å². The standard InChI is InChI=1S/C14H18F3N3O3/c1-9-4-6-18-12(11(9)20(22)23)19-8-13(21)5-2-3-10(7-13)14(15,16)17/h4,6,10,21H,2-3,5,7-8H2,1H3,(H,18,19). The molecule has 1 aromatic rings. The number of hydrogen-bond acceptors (Lipinski definition) is 5. The number of aryl methyl sites for hydroxylation is 1. The maximum atomic E-state index is 12.8. The first-order chi connectivity index (χ1) is 10.6. The maximum Gasteiger partial charge on any atom is 0.391 e. The SMILES string of the molecule is Cc1ccnc(NCC2(O)CCCC(C(F)(F)F)C2)c1[N+](=O)[O-]. The summed E-state index contributed by atoms with van der Waals surface area (Å²) in [6.07, 6.45) is -2.92. The largest absolute Gasteiger partial charge is 0.391 e. The molecule has 1 heterocycles. The molecule has 1 aliphatic carbocycles. The quantitative estimate of drug-likeness (QED) is 0.652. The van der Waals surface area contributed by atoms with E-state index in [1.54, 1.807) is 6.92 Å². The lowest BCUT2D eigenvalue weighted by Crippen LogP contribution is -2.45. The first-order valence-electron chi connectivity index (χ1n) is 7.25. The van der Waals surface area contributed by atoms with Crippen molar-refractivity contribution in [2.24, 2.45) is 5.92 Å². The van der Waals surface area contributed by atoms with Gasteiger partial charge in [-0.2, -0.15) is 13.2 Å². The monoisotopic (exact) mass is 333 g/mol. The highest BCUT2D eigenvalue weighted by Crippen LogP contribution is 2.42. The Labute approximate surface area is 130 Å². The lowest BCUT2D eigenvalue weighted by atomic mass is 9.77. The molecule has 0 radical (unpaired) electrons. The van der Waals surface area contributed by atoms with Crippen LogP contribution in [0.15, 0.2) is 12.3 Å². The Hall–Kier alpha value is -1.90. The maximum absolute atomic E-state index is 12.8. The number of hydrogen-bond donors (Lipinski definition) is 2. The van der Waals surface area contributed by atoms with Gasteiger partial charge >= 0.3 is 11.9 Å². The summed E-state index contributed by atoms with van der Waals surface area (Å²) in [4.78, 5) is 14.3. The van der Waals surface area contributed by atoms with E-state index in [1.165, 1.54) is 12.3 Å². The lowest BCUT2D eigenvalue weighted by Gasteiger charge is -2.37. The van der Waals surface area contributed by atoms with Crippen LogP contribution in [0.5, 0.6) is 0 Å². The molecule has 1 aromatic heterocycles. The van der Waals surface area contributed by atoms with Crippen LogP contribution in [0.2, 0.25) is 0 Å². The second-order valence-electron chi connectivity index (χ2n) is 5.99. The van der Waals surface area contributed by atoms with Crippen LogP contribution in [0.1, 0.15) is 31.2 Å². The van der Waals surface area contributed by atoms with Gasteiger partial charge in [-0.3, -0.25) is 10.1 Å². The van der Waals surface area contributed by atoms with Crippen molar-refractivity contribution in [1.29, 1.82) is 0 Å². The summed E-state index contributed by atoms with van der Waals surface area (Å²) in [6, 6.07) is 1.47. The minimum absolute atomic E-state index is 0.00530. The van der Waals surface area contributed by atoms with Crippen molar-refractivity contribution in [2.75, 3.05) is 11.9 Å². The minimum Gasteiger partial charge on any atom is -0.388 e. The molecule has 23 heavy (non-hydrogen) atoms. The second kappa shape index (κ2) is 6.31. The van der Waals surface area contributed by atoms with Gasteiger partial charge in [0.25, 0.3) is 0 Å². The first-order valence-corrected chi connectivity index (χ1v) is 7.25. The molecule has 6 nitrogen and oxygen atoms in total. The number of anilines is 1.